The van der Waals surface area contributed by atoms with Crippen LogP contribution in [-0.2, 0) is 28.6 Å². The van der Waals surface area contributed by atoms with Gasteiger partial charge in [-0.15, -0.1) is 0 Å². The number of hydrogen-bond acceptors (Lipinski definition) is 6. The molecule has 0 fully saturated rings. The van der Waals surface area contributed by atoms with Gasteiger partial charge in [-0.2, -0.15) is 0 Å². The molecule has 0 saturated carbocycles. The van der Waals surface area contributed by atoms with Gasteiger partial charge in [0.15, 0.2) is 6.10 Å². The van der Waals surface area contributed by atoms with Gasteiger partial charge in [0.05, 0.1) is 0 Å². The number of carbonyl (C=O) groups excluding carboxylic acids is 3. The Bertz CT molecular complexity index is 1240. The first-order chi connectivity index (χ1) is 28.5. The van der Waals surface area contributed by atoms with Gasteiger partial charge in [-0.05, 0) is 77.0 Å². The molecule has 326 valence electrons. The van der Waals surface area contributed by atoms with Crippen LogP contribution in [0.15, 0.2) is 109 Å². The molecule has 0 aliphatic rings. The zero-order chi connectivity index (χ0) is 42.3. The Balaban J connectivity index is 4.57. The van der Waals surface area contributed by atoms with Crippen molar-refractivity contribution < 1.29 is 28.6 Å². The molecule has 0 saturated heterocycles. The summed E-state index contributed by atoms with van der Waals surface area (Å²) < 4.78 is 16.6. The Morgan fingerprint density at radius 2 is 0.707 bits per heavy atom. The van der Waals surface area contributed by atoms with Crippen molar-refractivity contribution in [1.29, 1.82) is 0 Å². The lowest BCUT2D eigenvalue weighted by molar-refractivity contribution is -0.167. The molecule has 0 rings (SSSR count). The molecule has 0 spiro atoms. The van der Waals surface area contributed by atoms with Crippen molar-refractivity contribution >= 4 is 17.9 Å². The van der Waals surface area contributed by atoms with Gasteiger partial charge in [0.1, 0.15) is 13.2 Å². The molecule has 0 amide bonds. The summed E-state index contributed by atoms with van der Waals surface area (Å²) in [6.07, 6.45) is 60.8. The molecule has 0 aliphatic heterocycles. The molecular weight excluding hydrogens is 721 g/mol. The third-order valence-electron chi connectivity index (χ3n) is 9.18. The van der Waals surface area contributed by atoms with Gasteiger partial charge >= 0.3 is 17.9 Å². The molecule has 58 heavy (non-hydrogen) atoms. The van der Waals surface area contributed by atoms with Crippen LogP contribution in [0.5, 0.6) is 0 Å². The lowest BCUT2D eigenvalue weighted by Crippen LogP contribution is -2.30. The molecule has 0 radical (unpaired) electrons. The molecule has 1 atom stereocenters. The fourth-order valence-corrected chi connectivity index (χ4v) is 5.76. The number of hydrogen-bond donors (Lipinski definition) is 0. The highest BCUT2D eigenvalue weighted by molar-refractivity contribution is 5.71. The quantitative estimate of drug-likeness (QED) is 0.0202. The molecule has 6 heteroatoms. The Morgan fingerprint density at radius 1 is 0.362 bits per heavy atom. The highest BCUT2D eigenvalue weighted by Gasteiger charge is 2.19. The number of unbranched alkanes of at least 4 members (excludes halogenated alkanes) is 16. The minimum Gasteiger partial charge on any atom is -0.462 e. The van der Waals surface area contributed by atoms with E-state index in [0.29, 0.717) is 19.3 Å². The van der Waals surface area contributed by atoms with E-state index >= 15 is 0 Å². The zero-order valence-corrected chi connectivity index (χ0v) is 37.0. The van der Waals surface area contributed by atoms with Crippen molar-refractivity contribution in [3.63, 3.8) is 0 Å². The Hall–Kier alpha value is -3.93. The van der Waals surface area contributed by atoms with Crippen molar-refractivity contribution in [2.75, 3.05) is 13.2 Å². The SMILES string of the molecule is CC/C=C/C=C/C=C/C=C/C=C/CCCC(=O)OC(COC(=O)CCCCC/C=C/CCCCCCCCC)COC(=O)CCCCCCC/C=C/C=C/C=C/CC. The Morgan fingerprint density at radius 3 is 1.17 bits per heavy atom. The van der Waals surface area contributed by atoms with Crippen LogP contribution in [0.2, 0.25) is 0 Å². The van der Waals surface area contributed by atoms with Crippen molar-refractivity contribution in [3.8, 4) is 0 Å². The first kappa shape index (κ1) is 54.1. The maximum Gasteiger partial charge on any atom is 0.306 e. The summed E-state index contributed by atoms with van der Waals surface area (Å²) >= 11 is 0. The van der Waals surface area contributed by atoms with E-state index < -0.39 is 12.1 Å². The molecule has 0 aromatic heterocycles. The van der Waals surface area contributed by atoms with Crippen LogP contribution >= 0.6 is 0 Å². The molecule has 0 aromatic rings. The summed E-state index contributed by atoms with van der Waals surface area (Å²) in [6.45, 7) is 6.23. The van der Waals surface area contributed by atoms with Crippen LogP contribution in [0.25, 0.3) is 0 Å². The minimum atomic E-state index is -0.829. The minimum absolute atomic E-state index is 0.124. The molecule has 0 heterocycles. The maximum absolute atomic E-state index is 12.7. The van der Waals surface area contributed by atoms with Gasteiger partial charge in [-0.25, -0.2) is 0 Å². The van der Waals surface area contributed by atoms with Crippen molar-refractivity contribution in [2.24, 2.45) is 0 Å². The largest absolute Gasteiger partial charge is 0.462 e. The first-order valence-corrected chi connectivity index (χ1v) is 23.0. The van der Waals surface area contributed by atoms with E-state index in [1.54, 1.807) is 0 Å². The predicted octanol–water partition coefficient (Wildman–Crippen LogP) is 14.8. The van der Waals surface area contributed by atoms with E-state index in [-0.39, 0.29) is 31.6 Å². The van der Waals surface area contributed by atoms with Crippen LogP contribution in [0.3, 0.4) is 0 Å². The van der Waals surface area contributed by atoms with Crippen LogP contribution in [0.1, 0.15) is 181 Å². The number of allylic oxidation sites excluding steroid dienone is 18. The monoisotopic (exact) mass is 803 g/mol. The standard InChI is InChI=1S/C52H82O6/c1-4-7-10-13-16-19-22-25-28-30-33-36-39-42-45-51(54)57-48-49(58-52(55)46-43-40-37-34-31-27-24-21-18-15-12-9-6-3)47-56-50(53)44-41-38-35-32-29-26-23-20-17-14-11-8-5-2/h8-9,11-12,14-15,17-18,20-21,23-24,27-28,30-31,34,37,49H,4-7,10,13,16,19,22,25-26,29,32-33,35-36,38-48H2,1-3H3/b11-8+,12-9+,17-14+,18-15+,23-20+,24-21+,30-28+,31-27+,37-34+. The van der Waals surface area contributed by atoms with Crippen molar-refractivity contribution in [2.45, 2.75) is 187 Å². The highest BCUT2D eigenvalue weighted by Crippen LogP contribution is 2.12. The summed E-state index contributed by atoms with van der Waals surface area (Å²) in [5.41, 5.74) is 0. The third kappa shape index (κ3) is 43.2. The maximum atomic E-state index is 12.7. The van der Waals surface area contributed by atoms with E-state index in [4.69, 9.17) is 14.2 Å². The molecule has 6 nitrogen and oxygen atoms in total. The van der Waals surface area contributed by atoms with Gasteiger partial charge in [0.2, 0.25) is 0 Å². The molecule has 0 N–H and O–H groups in total. The van der Waals surface area contributed by atoms with Crippen LogP contribution in [0, 0.1) is 0 Å². The summed E-state index contributed by atoms with van der Waals surface area (Å²) in [6, 6.07) is 0. The molecule has 1 unspecified atom stereocenters. The highest BCUT2D eigenvalue weighted by atomic mass is 16.6. The van der Waals surface area contributed by atoms with Gasteiger partial charge < -0.3 is 14.2 Å². The molecule has 0 aliphatic carbocycles. The third-order valence-corrected chi connectivity index (χ3v) is 9.18. The fraction of sp³-hybridized carbons (Fsp3) is 0.596. The van der Waals surface area contributed by atoms with Gasteiger partial charge in [0, 0.05) is 19.3 Å². The topological polar surface area (TPSA) is 78.9 Å². The molecular formula is C52H82O6. The Labute approximate surface area is 355 Å². The summed E-state index contributed by atoms with van der Waals surface area (Å²) in [7, 11) is 0. The van der Waals surface area contributed by atoms with Crippen LogP contribution in [-0.4, -0.2) is 37.2 Å². The second kappa shape index (κ2) is 45.8. The summed E-state index contributed by atoms with van der Waals surface area (Å²) in [4.78, 5) is 37.7. The van der Waals surface area contributed by atoms with Crippen molar-refractivity contribution in [1.82, 2.24) is 0 Å². The smallest absolute Gasteiger partial charge is 0.306 e. The van der Waals surface area contributed by atoms with Crippen molar-refractivity contribution in [3.05, 3.63) is 109 Å². The van der Waals surface area contributed by atoms with E-state index in [1.165, 1.54) is 44.9 Å². The lowest BCUT2D eigenvalue weighted by atomic mass is 10.1. The van der Waals surface area contributed by atoms with Crippen LogP contribution < -0.4 is 0 Å². The van der Waals surface area contributed by atoms with E-state index in [0.717, 1.165) is 89.9 Å². The number of rotatable bonds is 39. The summed E-state index contributed by atoms with van der Waals surface area (Å²) in [5, 5.41) is 0. The van der Waals surface area contributed by atoms with E-state index in [2.05, 4.69) is 69.4 Å². The normalized spacial score (nSPS) is 13.1. The molecule has 0 bridgehead atoms. The van der Waals surface area contributed by atoms with E-state index in [9.17, 15) is 14.4 Å². The fourth-order valence-electron chi connectivity index (χ4n) is 5.76. The van der Waals surface area contributed by atoms with Gasteiger partial charge in [-0.1, -0.05) is 194 Å². The van der Waals surface area contributed by atoms with Crippen LogP contribution in [0.4, 0.5) is 0 Å². The lowest BCUT2D eigenvalue weighted by Gasteiger charge is -2.18. The molecule has 0 aromatic carbocycles. The average molecular weight is 803 g/mol. The van der Waals surface area contributed by atoms with E-state index in [1.807, 2.05) is 60.8 Å². The van der Waals surface area contributed by atoms with Gasteiger partial charge in [-0.3, -0.25) is 14.4 Å². The summed E-state index contributed by atoms with van der Waals surface area (Å²) in [5.74, 6) is -1.05. The second-order valence-electron chi connectivity index (χ2n) is 14.7. The average Bonchev–Trinajstić information content (AvgIpc) is 3.22. The number of carbonyl (C=O) groups is 3. The number of ether oxygens (including phenoxy) is 3. The Kier molecular flexibility index (Phi) is 42.7. The second-order valence-corrected chi connectivity index (χ2v) is 14.7. The first-order valence-electron chi connectivity index (χ1n) is 23.0. The van der Waals surface area contributed by atoms with Gasteiger partial charge in [0.25, 0.3) is 0 Å². The number of esters is 3. The predicted molar refractivity (Wildman–Crippen MR) is 247 cm³/mol. The zero-order valence-electron chi connectivity index (χ0n) is 37.0.